The highest BCUT2D eigenvalue weighted by Crippen LogP contribution is 2.25. The number of thiocarbonyl (C=S) groups is 1. The lowest BCUT2D eigenvalue weighted by Crippen LogP contribution is -2.37. The van der Waals surface area contributed by atoms with Gasteiger partial charge in [0.05, 0.1) is 5.75 Å². The van der Waals surface area contributed by atoms with Crippen LogP contribution in [0.5, 0.6) is 0 Å². The van der Waals surface area contributed by atoms with Gasteiger partial charge < -0.3 is 5.73 Å². The minimum atomic E-state index is -3.38. The van der Waals surface area contributed by atoms with E-state index in [1.165, 1.54) is 0 Å². The molecule has 0 radical (unpaired) electrons. The fourth-order valence-electron chi connectivity index (χ4n) is 1.58. The van der Waals surface area contributed by atoms with Crippen molar-refractivity contribution in [3.05, 3.63) is 35.4 Å². The van der Waals surface area contributed by atoms with Gasteiger partial charge in [-0.05, 0) is 23.0 Å². The number of sulfonamides is 1. The molecule has 1 aromatic rings. The van der Waals surface area contributed by atoms with Crippen molar-refractivity contribution >= 4 is 27.2 Å². The van der Waals surface area contributed by atoms with Crippen LogP contribution in [0, 0.1) is 11.3 Å². The monoisotopic (exact) mass is 328 g/mol. The normalized spacial score (nSPS) is 12.6. The van der Waals surface area contributed by atoms with Gasteiger partial charge in [-0.2, -0.15) is 0 Å². The van der Waals surface area contributed by atoms with Crippen molar-refractivity contribution in [2.45, 2.75) is 33.4 Å². The van der Waals surface area contributed by atoms with Crippen LogP contribution >= 0.6 is 12.2 Å². The van der Waals surface area contributed by atoms with Crippen molar-refractivity contribution < 1.29 is 8.42 Å². The molecule has 0 atom stereocenters. The highest BCUT2D eigenvalue weighted by molar-refractivity contribution is 7.88. The van der Waals surface area contributed by atoms with Gasteiger partial charge in [0.25, 0.3) is 0 Å². The molecular formula is C15H24N2O2S2. The summed E-state index contributed by atoms with van der Waals surface area (Å²) in [5.74, 6) is 0.315. The van der Waals surface area contributed by atoms with Crippen molar-refractivity contribution in [3.63, 3.8) is 0 Å². The largest absolute Gasteiger partial charge is 0.389 e. The van der Waals surface area contributed by atoms with E-state index in [0.29, 0.717) is 23.6 Å². The molecule has 0 fully saturated rings. The number of nitrogens with two attached hydrogens (primary N) is 1. The van der Waals surface area contributed by atoms with Crippen LogP contribution in [0.1, 0.15) is 38.8 Å². The molecule has 3 N–H and O–H groups in total. The first-order chi connectivity index (χ1) is 9.53. The maximum Gasteiger partial charge on any atom is 0.215 e. The Morgan fingerprint density at radius 1 is 1.38 bits per heavy atom. The van der Waals surface area contributed by atoms with Crippen molar-refractivity contribution in [1.82, 2.24) is 4.72 Å². The molecule has 0 bridgehead atoms. The molecule has 0 aliphatic rings. The molecule has 0 aliphatic heterocycles. The van der Waals surface area contributed by atoms with Gasteiger partial charge in [-0.15, -0.1) is 0 Å². The van der Waals surface area contributed by atoms with Crippen molar-refractivity contribution in [1.29, 1.82) is 0 Å². The lowest BCUT2D eigenvalue weighted by atomic mass is 9.81. The first-order valence-corrected chi connectivity index (χ1v) is 8.95. The molecule has 1 aromatic carbocycles. The number of rotatable bonds is 7. The number of hydrogen-bond donors (Lipinski definition) is 2. The lowest BCUT2D eigenvalue weighted by Gasteiger charge is -2.29. The zero-order chi connectivity index (χ0) is 16.3. The fraction of sp³-hybridized carbons (Fsp3) is 0.533. The Kier molecular flexibility index (Phi) is 5.90. The molecule has 0 saturated heterocycles. The molecular weight excluding hydrogens is 304 g/mol. The Morgan fingerprint density at radius 2 is 2.00 bits per heavy atom. The molecule has 0 unspecified atom stereocenters. The minimum absolute atomic E-state index is 0.0718. The van der Waals surface area contributed by atoms with Crippen LogP contribution in [0.3, 0.4) is 0 Å². The zero-order valence-corrected chi connectivity index (χ0v) is 14.6. The Morgan fingerprint density at radius 3 is 2.52 bits per heavy atom. The fourth-order valence-corrected chi connectivity index (χ4v) is 3.02. The molecule has 0 saturated carbocycles. The van der Waals surface area contributed by atoms with Crippen LogP contribution in [0.4, 0.5) is 0 Å². The summed E-state index contributed by atoms with van der Waals surface area (Å²) < 4.78 is 27.0. The Bertz CT molecular complexity index is 608. The SMILES string of the molecule is CC(C)C(C)(C)CNS(=O)(=O)Cc1cccc(C(N)=S)c1. The van der Waals surface area contributed by atoms with Gasteiger partial charge in [0.15, 0.2) is 0 Å². The van der Waals surface area contributed by atoms with E-state index in [9.17, 15) is 8.42 Å². The summed E-state index contributed by atoms with van der Waals surface area (Å²) in [6.07, 6.45) is 0. The van der Waals surface area contributed by atoms with Gasteiger partial charge in [-0.3, -0.25) is 0 Å². The molecule has 0 amide bonds. The number of benzene rings is 1. The van der Waals surface area contributed by atoms with Crippen LogP contribution in [0.2, 0.25) is 0 Å². The molecule has 0 aliphatic carbocycles. The number of hydrogen-bond acceptors (Lipinski definition) is 3. The van der Waals surface area contributed by atoms with Crippen LogP contribution in [-0.2, 0) is 15.8 Å². The highest BCUT2D eigenvalue weighted by atomic mass is 32.2. The second-order valence-electron chi connectivity index (χ2n) is 6.29. The van der Waals surface area contributed by atoms with Gasteiger partial charge in [0, 0.05) is 12.1 Å². The molecule has 1 rings (SSSR count). The Balaban J connectivity index is 2.77. The second-order valence-corrected chi connectivity index (χ2v) is 8.53. The molecule has 118 valence electrons. The van der Waals surface area contributed by atoms with Gasteiger partial charge in [0.2, 0.25) is 10.0 Å². The van der Waals surface area contributed by atoms with Crippen molar-refractivity contribution in [2.75, 3.05) is 6.54 Å². The van der Waals surface area contributed by atoms with Crippen molar-refractivity contribution in [3.8, 4) is 0 Å². The average molecular weight is 329 g/mol. The third-order valence-electron chi connectivity index (χ3n) is 3.88. The van der Waals surface area contributed by atoms with Gasteiger partial charge in [-0.1, -0.05) is 58.1 Å². The quantitative estimate of drug-likeness (QED) is 0.754. The first kappa shape index (κ1) is 18.1. The van der Waals surface area contributed by atoms with E-state index in [2.05, 4.69) is 18.6 Å². The molecule has 0 heterocycles. The van der Waals surface area contributed by atoms with Gasteiger partial charge >= 0.3 is 0 Å². The average Bonchev–Trinajstić information content (AvgIpc) is 2.36. The summed E-state index contributed by atoms with van der Waals surface area (Å²) in [6.45, 7) is 8.68. The first-order valence-electron chi connectivity index (χ1n) is 6.89. The van der Waals surface area contributed by atoms with Crippen LogP contribution in [-0.4, -0.2) is 20.0 Å². The summed E-state index contributed by atoms with van der Waals surface area (Å²) in [5, 5.41) is 0. The Hall–Kier alpha value is -0.980. The van der Waals surface area contributed by atoms with E-state index >= 15 is 0 Å². The Labute approximate surface area is 133 Å². The van der Waals surface area contributed by atoms with E-state index in [1.807, 2.05) is 13.8 Å². The van der Waals surface area contributed by atoms with Crippen LogP contribution in [0.25, 0.3) is 0 Å². The third-order valence-corrected chi connectivity index (χ3v) is 5.41. The van der Waals surface area contributed by atoms with Crippen LogP contribution < -0.4 is 10.5 Å². The predicted octanol–water partition coefficient (Wildman–Crippen LogP) is 2.42. The van der Waals surface area contributed by atoms with Crippen LogP contribution in [0.15, 0.2) is 24.3 Å². The number of nitrogens with one attached hydrogen (secondary N) is 1. The minimum Gasteiger partial charge on any atom is -0.389 e. The molecule has 6 heteroatoms. The lowest BCUT2D eigenvalue weighted by molar-refractivity contribution is 0.252. The van der Waals surface area contributed by atoms with E-state index in [4.69, 9.17) is 18.0 Å². The summed E-state index contributed by atoms with van der Waals surface area (Å²) >= 11 is 4.90. The van der Waals surface area contributed by atoms with E-state index in [0.717, 1.165) is 0 Å². The smallest absolute Gasteiger partial charge is 0.215 e. The maximum absolute atomic E-state index is 12.2. The molecule has 0 aromatic heterocycles. The van der Waals surface area contributed by atoms with Gasteiger partial charge in [-0.25, -0.2) is 13.1 Å². The highest BCUT2D eigenvalue weighted by Gasteiger charge is 2.24. The molecule has 4 nitrogen and oxygen atoms in total. The molecule has 0 spiro atoms. The molecule has 21 heavy (non-hydrogen) atoms. The summed E-state index contributed by atoms with van der Waals surface area (Å²) in [6, 6.07) is 7.01. The summed E-state index contributed by atoms with van der Waals surface area (Å²) in [4.78, 5) is 0.267. The second kappa shape index (κ2) is 6.85. The van der Waals surface area contributed by atoms with E-state index < -0.39 is 10.0 Å². The summed E-state index contributed by atoms with van der Waals surface area (Å²) in [7, 11) is -3.38. The zero-order valence-electron chi connectivity index (χ0n) is 13.0. The maximum atomic E-state index is 12.2. The topological polar surface area (TPSA) is 72.2 Å². The van der Waals surface area contributed by atoms with Crippen molar-refractivity contribution in [2.24, 2.45) is 17.1 Å². The summed E-state index contributed by atoms with van der Waals surface area (Å²) in [5.41, 5.74) is 6.83. The van der Waals surface area contributed by atoms with E-state index in [-0.39, 0.29) is 16.2 Å². The standard InChI is InChI=1S/C15H24N2O2S2/c1-11(2)15(3,4)10-17-21(18,19)9-12-6-5-7-13(8-12)14(16)20/h5-8,11,17H,9-10H2,1-4H3,(H2,16,20). The third kappa shape index (κ3) is 5.73. The van der Waals surface area contributed by atoms with Gasteiger partial charge in [0.1, 0.15) is 4.99 Å². The van der Waals surface area contributed by atoms with E-state index in [1.54, 1.807) is 24.3 Å². The predicted molar refractivity (Wildman–Crippen MR) is 91.6 cm³/mol.